The smallest absolute Gasteiger partial charge is 0.335 e. The fourth-order valence-corrected chi connectivity index (χ4v) is 3.65. The number of carbonyl (C=O) groups is 1. The van der Waals surface area contributed by atoms with Gasteiger partial charge in [-0.15, -0.1) is 0 Å². The molecular weight excluding hydrogens is 345 g/mol. The Labute approximate surface area is 146 Å². The molecule has 3 aromatic rings. The Kier molecular flexibility index (Phi) is 3.94. The van der Waals surface area contributed by atoms with Gasteiger partial charge in [0.2, 0.25) is 0 Å². The standard InChI is InChI=1S/C19H15F3N2O2/c20-13-7-6-12(16(21)17(13)22)18-23-14-9-10(19(25)26)5-8-15(14)24(18)11-3-1-2-4-11/h5-9,11H,1-4H2,(H,25,26). The third-order valence-electron chi connectivity index (χ3n) is 4.90. The van der Waals surface area contributed by atoms with E-state index in [4.69, 9.17) is 0 Å². The van der Waals surface area contributed by atoms with Gasteiger partial charge in [-0.1, -0.05) is 12.8 Å². The molecule has 1 aliphatic rings. The van der Waals surface area contributed by atoms with Crippen molar-refractivity contribution in [2.75, 3.05) is 0 Å². The molecule has 0 amide bonds. The Morgan fingerprint density at radius 1 is 1.08 bits per heavy atom. The van der Waals surface area contributed by atoms with Gasteiger partial charge in [0.1, 0.15) is 5.82 Å². The highest BCUT2D eigenvalue weighted by Crippen LogP contribution is 2.38. The van der Waals surface area contributed by atoms with Crippen molar-refractivity contribution in [1.29, 1.82) is 0 Å². The topological polar surface area (TPSA) is 55.1 Å². The zero-order chi connectivity index (χ0) is 18.4. The number of hydrogen-bond acceptors (Lipinski definition) is 2. The molecule has 134 valence electrons. The van der Waals surface area contributed by atoms with E-state index in [1.54, 1.807) is 6.07 Å². The molecule has 1 N–H and O–H groups in total. The lowest BCUT2D eigenvalue weighted by molar-refractivity contribution is 0.0697. The van der Waals surface area contributed by atoms with Crippen LogP contribution in [0.3, 0.4) is 0 Å². The first-order valence-corrected chi connectivity index (χ1v) is 8.36. The second-order valence-electron chi connectivity index (χ2n) is 6.48. The fourth-order valence-electron chi connectivity index (χ4n) is 3.65. The molecule has 0 aliphatic heterocycles. The van der Waals surface area contributed by atoms with Crippen LogP contribution in [0.4, 0.5) is 13.2 Å². The number of carboxylic acid groups (broad SMARTS) is 1. The minimum absolute atomic E-state index is 0.0539. The lowest BCUT2D eigenvalue weighted by Gasteiger charge is -2.17. The van der Waals surface area contributed by atoms with Crippen LogP contribution < -0.4 is 0 Å². The molecule has 7 heteroatoms. The number of imidazole rings is 1. The summed E-state index contributed by atoms with van der Waals surface area (Å²) < 4.78 is 43.3. The number of fused-ring (bicyclic) bond motifs is 1. The second-order valence-corrected chi connectivity index (χ2v) is 6.48. The second kappa shape index (κ2) is 6.16. The lowest BCUT2D eigenvalue weighted by Crippen LogP contribution is -2.08. The number of nitrogens with zero attached hydrogens (tertiary/aromatic N) is 2. The molecule has 1 saturated carbocycles. The molecular formula is C19H15F3N2O2. The van der Waals surface area contributed by atoms with Gasteiger partial charge < -0.3 is 9.67 Å². The molecule has 4 nitrogen and oxygen atoms in total. The molecule has 0 radical (unpaired) electrons. The van der Waals surface area contributed by atoms with Crippen molar-refractivity contribution in [3.05, 3.63) is 53.3 Å². The Morgan fingerprint density at radius 3 is 2.50 bits per heavy atom. The summed E-state index contributed by atoms with van der Waals surface area (Å²) in [5, 5.41) is 9.17. The van der Waals surface area contributed by atoms with Crippen LogP contribution in [0.1, 0.15) is 42.1 Å². The zero-order valence-corrected chi connectivity index (χ0v) is 13.7. The minimum atomic E-state index is -1.54. The van der Waals surface area contributed by atoms with Gasteiger partial charge in [-0.05, 0) is 43.2 Å². The number of benzene rings is 2. The average Bonchev–Trinajstić information content (AvgIpc) is 3.26. The maximum atomic E-state index is 14.4. The molecule has 0 bridgehead atoms. The van der Waals surface area contributed by atoms with E-state index in [2.05, 4.69) is 4.98 Å². The predicted molar refractivity (Wildman–Crippen MR) is 89.5 cm³/mol. The first-order chi connectivity index (χ1) is 12.5. The highest BCUT2D eigenvalue weighted by molar-refractivity contribution is 5.93. The highest BCUT2D eigenvalue weighted by atomic mass is 19.2. The number of rotatable bonds is 3. The average molecular weight is 360 g/mol. The normalized spacial score (nSPS) is 15.0. The number of halogens is 3. The molecule has 0 unspecified atom stereocenters. The molecule has 1 aliphatic carbocycles. The first kappa shape index (κ1) is 16.6. The van der Waals surface area contributed by atoms with E-state index in [-0.39, 0.29) is 23.0 Å². The van der Waals surface area contributed by atoms with Gasteiger partial charge in [-0.25, -0.2) is 22.9 Å². The van der Waals surface area contributed by atoms with Gasteiger partial charge in [-0.2, -0.15) is 0 Å². The SMILES string of the molecule is O=C(O)c1ccc2c(c1)nc(-c1ccc(F)c(F)c1F)n2C1CCCC1. The van der Waals surface area contributed by atoms with E-state index >= 15 is 0 Å². The largest absolute Gasteiger partial charge is 0.478 e. The summed E-state index contributed by atoms with van der Waals surface area (Å²) in [6.07, 6.45) is 3.75. The van der Waals surface area contributed by atoms with Crippen LogP contribution in [0.5, 0.6) is 0 Å². The Bertz CT molecular complexity index is 1020. The van der Waals surface area contributed by atoms with Crippen LogP contribution in [0.15, 0.2) is 30.3 Å². The van der Waals surface area contributed by atoms with Gasteiger partial charge in [0, 0.05) is 6.04 Å². The summed E-state index contributed by atoms with van der Waals surface area (Å²) in [7, 11) is 0. The molecule has 1 fully saturated rings. The van der Waals surface area contributed by atoms with Crippen LogP contribution in [-0.4, -0.2) is 20.6 Å². The molecule has 26 heavy (non-hydrogen) atoms. The van der Waals surface area contributed by atoms with Gasteiger partial charge in [0.15, 0.2) is 17.5 Å². The van der Waals surface area contributed by atoms with E-state index in [9.17, 15) is 23.1 Å². The summed E-state index contributed by atoms with van der Waals surface area (Å²) in [5.41, 5.74) is 0.965. The van der Waals surface area contributed by atoms with Crippen molar-refractivity contribution in [3.8, 4) is 11.4 Å². The van der Waals surface area contributed by atoms with Crippen LogP contribution in [0.2, 0.25) is 0 Å². The van der Waals surface area contributed by atoms with Crippen molar-refractivity contribution in [2.45, 2.75) is 31.7 Å². The van der Waals surface area contributed by atoms with Gasteiger partial charge >= 0.3 is 5.97 Å². The summed E-state index contributed by atoms with van der Waals surface area (Å²) >= 11 is 0. The summed E-state index contributed by atoms with van der Waals surface area (Å²) in [4.78, 5) is 15.6. The van der Waals surface area contributed by atoms with Gasteiger partial charge in [-0.3, -0.25) is 0 Å². The van der Waals surface area contributed by atoms with Gasteiger partial charge in [0.25, 0.3) is 0 Å². The molecule has 0 saturated heterocycles. The van der Waals surface area contributed by atoms with Crippen molar-refractivity contribution in [3.63, 3.8) is 0 Å². The molecule has 1 aromatic heterocycles. The van der Waals surface area contributed by atoms with E-state index in [0.717, 1.165) is 31.7 Å². The maximum Gasteiger partial charge on any atom is 0.335 e. The number of carboxylic acids is 1. The zero-order valence-electron chi connectivity index (χ0n) is 13.7. The Balaban J connectivity index is 1.99. The van der Waals surface area contributed by atoms with Gasteiger partial charge in [0.05, 0.1) is 22.2 Å². The monoisotopic (exact) mass is 360 g/mol. The van der Waals surface area contributed by atoms with E-state index in [1.165, 1.54) is 18.2 Å². The number of aromatic carboxylic acids is 1. The maximum absolute atomic E-state index is 14.4. The first-order valence-electron chi connectivity index (χ1n) is 8.36. The van der Waals surface area contributed by atoms with Crippen molar-refractivity contribution in [1.82, 2.24) is 9.55 Å². The molecule has 0 spiro atoms. The van der Waals surface area contributed by atoms with Crippen LogP contribution >= 0.6 is 0 Å². The van der Waals surface area contributed by atoms with E-state index in [0.29, 0.717) is 11.0 Å². The minimum Gasteiger partial charge on any atom is -0.478 e. The third-order valence-corrected chi connectivity index (χ3v) is 4.90. The Morgan fingerprint density at radius 2 is 1.81 bits per heavy atom. The molecule has 0 atom stereocenters. The number of aromatic nitrogens is 2. The lowest BCUT2D eigenvalue weighted by atomic mass is 10.1. The third kappa shape index (κ3) is 2.55. The molecule has 4 rings (SSSR count). The van der Waals surface area contributed by atoms with Crippen LogP contribution in [0, 0.1) is 17.5 Å². The molecule has 1 heterocycles. The predicted octanol–water partition coefficient (Wildman–Crippen LogP) is 4.93. The summed E-state index contributed by atoms with van der Waals surface area (Å²) in [6.45, 7) is 0. The summed E-state index contributed by atoms with van der Waals surface area (Å²) in [5.74, 6) is -5.01. The Hall–Kier alpha value is -2.83. The van der Waals surface area contributed by atoms with Crippen molar-refractivity contribution >= 4 is 17.0 Å². The van der Waals surface area contributed by atoms with E-state index in [1.807, 2.05) is 4.57 Å². The van der Waals surface area contributed by atoms with E-state index < -0.39 is 23.4 Å². The summed E-state index contributed by atoms with van der Waals surface area (Å²) in [6, 6.07) is 6.59. The van der Waals surface area contributed by atoms with Crippen molar-refractivity contribution < 1.29 is 23.1 Å². The van der Waals surface area contributed by atoms with Crippen LogP contribution in [-0.2, 0) is 0 Å². The highest BCUT2D eigenvalue weighted by Gasteiger charge is 2.26. The van der Waals surface area contributed by atoms with Crippen molar-refractivity contribution in [2.24, 2.45) is 0 Å². The number of hydrogen-bond donors (Lipinski definition) is 1. The quantitative estimate of drug-likeness (QED) is 0.674. The molecule has 2 aromatic carbocycles. The fraction of sp³-hybridized carbons (Fsp3) is 0.263. The van der Waals surface area contributed by atoms with Crippen LogP contribution in [0.25, 0.3) is 22.4 Å².